The van der Waals surface area contributed by atoms with E-state index in [9.17, 15) is 14.9 Å². The van der Waals surface area contributed by atoms with Crippen LogP contribution in [0.15, 0.2) is 54.0 Å². The van der Waals surface area contributed by atoms with Gasteiger partial charge in [0.05, 0.1) is 17.5 Å². The molecule has 1 aliphatic rings. The van der Waals surface area contributed by atoms with Crippen molar-refractivity contribution in [2.45, 2.75) is 39.3 Å². The van der Waals surface area contributed by atoms with Gasteiger partial charge in [0, 0.05) is 45.2 Å². The maximum Gasteiger partial charge on any atom is 0.220 e. The molecule has 1 aromatic heterocycles. The number of carbonyl (C=O) groups is 2. The van der Waals surface area contributed by atoms with Gasteiger partial charge in [0.15, 0.2) is 5.78 Å². The molecule has 0 bridgehead atoms. The second-order valence-electron chi connectivity index (χ2n) is 7.75. The number of fused-ring (bicyclic) bond motifs is 1. The molecule has 0 aliphatic carbocycles. The van der Waals surface area contributed by atoms with Crippen molar-refractivity contribution >= 4 is 23.1 Å². The van der Waals surface area contributed by atoms with Crippen LogP contribution in [0.4, 0.5) is 11.4 Å². The van der Waals surface area contributed by atoms with Crippen LogP contribution in [0.1, 0.15) is 32.3 Å². The van der Waals surface area contributed by atoms with Crippen LogP contribution in [0.25, 0.3) is 0 Å². The normalized spacial score (nSPS) is 12.4. The fraction of sp³-hybridized carbons (Fsp3) is 0.333. The molecule has 1 aromatic carbocycles. The van der Waals surface area contributed by atoms with Crippen molar-refractivity contribution in [2.24, 2.45) is 0 Å². The summed E-state index contributed by atoms with van der Waals surface area (Å²) < 4.78 is 5.66. The summed E-state index contributed by atoms with van der Waals surface area (Å²) in [4.78, 5) is 33.0. The highest BCUT2D eigenvalue weighted by Gasteiger charge is 2.31. The number of rotatable bonds is 8. The van der Waals surface area contributed by atoms with E-state index in [1.54, 1.807) is 12.3 Å². The summed E-state index contributed by atoms with van der Waals surface area (Å²) >= 11 is 0. The largest absolute Gasteiger partial charge is 0.475 e. The smallest absolute Gasteiger partial charge is 0.220 e. The summed E-state index contributed by atoms with van der Waals surface area (Å²) in [6.07, 6.45) is 1.53. The number of nitriles is 1. The molecule has 2 heterocycles. The summed E-state index contributed by atoms with van der Waals surface area (Å²) in [6, 6.07) is 13.3. The zero-order valence-electron chi connectivity index (χ0n) is 18.8. The van der Waals surface area contributed by atoms with Gasteiger partial charge in [0.25, 0.3) is 0 Å². The molecule has 8 nitrogen and oxygen atoms in total. The lowest BCUT2D eigenvalue weighted by Crippen LogP contribution is -2.27. The fourth-order valence-corrected chi connectivity index (χ4v) is 3.58. The number of aromatic nitrogens is 1. The van der Waals surface area contributed by atoms with Gasteiger partial charge in [-0.2, -0.15) is 5.26 Å². The molecule has 0 radical (unpaired) electrons. The number of para-hydroxylation sites is 2. The summed E-state index contributed by atoms with van der Waals surface area (Å²) in [7, 11) is 3.64. The maximum absolute atomic E-state index is 12.8. The molecule has 0 unspecified atom stereocenters. The highest BCUT2D eigenvalue weighted by atomic mass is 16.5. The van der Waals surface area contributed by atoms with Gasteiger partial charge in [0.2, 0.25) is 11.8 Å². The molecule has 8 heteroatoms. The third kappa shape index (κ3) is 4.89. The minimum Gasteiger partial charge on any atom is -0.475 e. The molecule has 1 aliphatic heterocycles. The number of anilines is 2. The number of allylic oxidation sites excluding steroid dienone is 1. The average Bonchev–Trinajstić information content (AvgIpc) is 3.03. The molecule has 1 amide bonds. The monoisotopic (exact) mass is 433 g/mol. The maximum atomic E-state index is 12.8. The molecule has 2 aromatic rings. The van der Waals surface area contributed by atoms with Crippen LogP contribution in [-0.2, 0) is 16.1 Å². The van der Waals surface area contributed by atoms with Crippen molar-refractivity contribution < 1.29 is 14.3 Å². The fourth-order valence-electron chi connectivity index (χ4n) is 3.58. The van der Waals surface area contributed by atoms with E-state index in [4.69, 9.17) is 4.74 Å². The van der Waals surface area contributed by atoms with Gasteiger partial charge in [-0.3, -0.25) is 9.59 Å². The SMILES string of the molecule is CC(C)Oc1ncccc1CNC(=O)CCC(=O)C(C#N)=C1N(C)c2ccccc2N1C. The number of hydrogen-bond acceptors (Lipinski definition) is 7. The topological polar surface area (TPSA) is 98.6 Å². The number of pyridine rings is 1. The molecule has 0 atom stereocenters. The van der Waals surface area contributed by atoms with Gasteiger partial charge < -0.3 is 19.9 Å². The summed E-state index contributed by atoms with van der Waals surface area (Å²) in [6.45, 7) is 4.05. The molecular weight excluding hydrogens is 406 g/mol. The predicted octanol–water partition coefficient (Wildman–Crippen LogP) is 3.16. The zero-order chi connectivity index (χ0) is 23.3. The Kier molecular flexibility index (Phi) is 7.11. The molecule has 0 saturated heterocycles. The first-order chi connectivity index (χ1) is 15.3. The van der Waals surface area contributed by atoms with Crippen LogP contribution in [0, 0.1) is 11.3 Å². The highest BCUT2D eigenvalue weighted by molar-refractivity contribution is 6.03. The Morgan fingerprint density at radius 2 is 1.75 bits per heavy atom. The standard InChI is InChI=1S/C24H27N5O3/c1-16(2)32-23-17(8-7-13-26-23)15-27-22(31)12-11-21(30)18(14-25)24-28(3)19-9-5-6-10-20(19)29(24)4/h5-10,13,16H,11-12,15H2,1-4H3,(H,27,31). The van der Waals surface area contributed by atoms with E-state index < -0.39 is 0 Å². The number of carbonyl (C=O) groups excluding carboxylic acids is 2. The Balaban J connectivity index is 1.63. The van der Waals surface area contributed by atoms with E-state index >= 15 is 0 Å². The second kappa shape index (κ2) is 9.96. The molecule has 0 spiro atoms. The zero-order valence-corrected chi connectivity index (χ0v) is 18.8. The number of nitrogens with zero attached hydrogens (tertiary/aromatic N) is 4. The minimum atomic E-state index is -0.366. The van der Waals surface area contributed by atoms with Gasteiger partial charge in [-0.15, -0.1) is 0 Å². The van der Waals surface area contributed by atoms with Crippen LogP contribution < -0.4 is 19.9 Å². The van der Waals surface area contributed by atoms with E-state index in [-0.39, 0.29) is 42.8 Å². The number of ketones is 1. The van der Waals surface area contributed by atoms with Gasteiger partial charge in [0.1, 0.15) is 17.5 Å². The molecule has 0 fully saturated rings. The summed E-state index contributed by atoms with van der Waals surface area (Å²) in [5.74, 6) is 0.345. The third-order valence-electron chi connectivity index (χ3n) is 5.11. The first-order valence-electron chi connectivity index (χ1n) is 10.4. The van der Waals surface area contributed by atoms with E-state index in [2.05, 4.69) is 10.3 Å². The van der Waals surface area contributed by atoms with Gasteiger partial charge >= 0.3 is 0 Å². The predicted molar refractivity (Wildman–Crippen MR) is 122 cm³/mol. The van der Waals surface area contributed by atoms with E-state index in [0.717, 1.165) is 16.9 Å². The van der Waals surface area contributed by atoms with Gasteiger partial charge in [-0.05, 0) is 32.0 Å². The number of nitrogens with one attached hydrogen (secondary N) is 1. The van der Waals surface area contributed by atoms with Crippen LogP contribution in [-0.4, -0.2) is 36.9 Å². The van der Waals surface area contributed by atoms with Crippen LogP contribution >= 0.6 is 0 Å². The lowest BCUT2D eigenvalue weighted by molar-refractivity contribution is -0.124. The van der Waals surface area contributed by atoms with Gasteiger partial charge in [-0.25, -0.2) is 4.98 Å². The van der Waals surface area contributed by atoms with Crippen molar-refractivity contribution in [3.05, 3.63) is 59.6 Å². The second-order valence-corrected chi connectivity index (χ2v) is 7.75. The van der Waals surface area contributed by atoms with Gasteiger partial charge in [-0.1, -0.05) is 18.2 Å². The first kappa shape index (κ1) is 22.8. The Morgan fingerprint density at radius 3 is 2.34 bits per heavy atom. The Labute approximate surface area is 188 Å². The Bertz CT molecular complexity index is 1060. The Hall–Kier alpha value is -3.86. The van der Waals surface area contributed by atoms with Crippen molar-refractivity contribution in [1.29, 1.82) is 5.26 Å². The number of Topliss-reactive ketones (excluding diaryl/α,β-unsaturated/α-hetero) is 1. The van der Waals surface area contributed by atoms with Crippen LogP contribution in [0.2, 0.25) is 0 Å². The van der Waals surface area contributed by atoms with Crippen molar-refractivity contribution in [1.82, 2.24) is 10.3 Å². The van der Waals surface area contributed by atoms with E-state index in [1.807, 2.05) is 74.1 Å². The molecule has 1 N–H and O–H groups in total. The van der Waals surface area contributed by atoms with E-state index in [1.165, 1.54) is 0 Å². The average molecular weight is 434 g/mol. The molecule has 0 saturated carbocycles. The van der Waals surface area contributed by atoms with Crippen molar-refractivity contribution in [3.8, 4) is 11.9 Å². The van der Waals surface area contributed by atoms with Crippen molar-refractivity contribution in [3.63, 3.8) is 0 Å². The van der Waals surface area contributed by atoms with Crippen LogP contribution in [0.5, 0.6) is 5.88 Å². The van der Waals surface area contributed by atoms with Crippen LogP contribution in [0.3, 0.4) is 0 Å². The number of ether oxygens (including phenoxy) is 1. The van der Waals surface area contributed by atoms with E-state index in [0.29, 0.717) is 11.7 Å². The lowest BCUT2D eigenvalue weighted by atomic mass is 10.1. The highest BCUT2D eigenvalue weighted by Crippen LogP contribution is 2.40. The molecule has 32 heavy (non-hydrogen) atoms. The number of benzene rings is 1. The minimum absolute atomic E-state index is 0.0156. The number of hydrogen-bond donors (Lipinski definition) is 1. The Morgan fingerprint density at radius 1 is 1.09 bits per heavy atom. The lowest BCUT2D eigenvalue weighted by Gasteiger charge is -2.19. The van der Waals surface area contributed by atoms with Crippen molar-refractivity contribution in [2.75, 3.05) is 23.9 Å². The first-order valence-corrected chi connectivity index (χ1v) is 10.4. The molecular formula is C24H27N5O3. The number of amides is 1. The molecule has 166 valence electrons. The summed E-state index contributed by atoms with van der Waals surface area (Å²) in [5, 5.41) is 12.5. The quantitative estimate of drug-likeness (QED) is 0.504. The third-order valence-corrected chi connectivity index (χ3v) is 5.11. The summed E-state index contributed by atoms with van der Waals surface area (Å²) in [5.41, 5.74) is 2.63. The molecule has 3 rings (SSSR count).